The summed E-state index contributed by atoms with van der Waals surface area (Å²) < 4.78 is 0. The predicted octanol–water partition coefficient (Wildman–Crippen LogP) is 5.02. The van der Waals surface area contributed by atoms with E-state index in [4.69, 9.17) is 0 Å². The molecule has 132 valence electrons. The number of benzene rings is 1. The van der Waals surface area contributed by atoms with Crippen molar-refractivity contribution in [3.05, 3.63) is 66.9 Å². The average Bonchev–Trinajstić information content (AvgIpc) is 3.10. The summed E-state index contributed by atoms with van der Waals surface area (Å²) in [6.07, 6.45) is 9.42. The van der Waals surface area contributed by atoms with Crippen LogP contribution in [0.15, 0.2) is 61.3 Å². The van der Waals surface area contributed by atoms with Gasteiger partial charge in [0.2, 0.25) is 0 Å². The molecule has 0 radical (unpaired) electrons. The number of rotatable bonds is 5. The Morgan fingerprint density at radius 2 is 1.69 bits per heavy atom. The van der Waals surface area contributed by atoms with Crippen molar-refractivity contribution < 1.29 is 0 Å². The van der Waals surface area contributed by atoms with Crippen LogP contribution in [0.2, 0.25) is 0 Å². The summed E-state index contributed by atoms with van der Waals surface area (Å²) in [4.78, 5) is 17.5. The van der Waals surface area contributed by atoms with E-state index in [9.17, 15) is 0 Å². The Hall–Kier alpha value is -2.95. The van der Waals surface area contributed by atoms with E-state index in [1.807, 2.05) is 30.7 Å². The highest BCUT2D eigenvalue weighted by atomic mass is 15.4. The molecule has 0 fully saturated rings. The van der Waals surface area contributed by atoms with Crippen molar-refractivity contribution >= 4 is 22.9 Å². The van der Waals surface area contributed by atoms with Gasteiger partial charge < -0.3 is 9.80 Å². The summed E-state index contributed by atoms with van der Waals surface area (Å²) in [5, 5.41) is 0. The topological polar surface area (TPSA) is 45.2 Å². The third-order valence-electron chi connectivity index (χ3n) is 5.13. The monoisotopic (exact) mass is 345 g/mol. The van der Waals surface area contributed by atoms with Gasteiger partial charge in [0.05, 0.1) is 6.20 Å². The minimum absolute atomic E-state index is 0.550. The normalized spacial score (nSPS) is 13.3. The molecule has 3 aromatic rings. The van der Waals surface area contributed by atoms with E-state index in [2.05, 4.69) is 62.9 Å². The lowest BCUT2D eigenvalue weighted by atomic mass is 9.92. The maximum absolute atomic E-state index is 4.56. The second-order valence-corrected chi connectivity index (χ2v) is 6.51. The number of pyridine rings is 1. The lowest BCUT2D eigenvalue weighted by Gasteiger charge is -2.26. The molecule has 1 aromatic carbocycles. The fourth-order valence-corrected chi connectivity index (χ4v) is 3.74. The van der Waals surface area contributed by atoms with Gasteiger partial charge in [-0.25, -0.2) is 9.97 Å². The largest absolute Gasteiger partial charge is 0.318 e. The summed E-state index contributed by atoms with van der Waals surface area (Å²) in [5.41, 5.74) is 4.77. The van der Waals surface area contributed by atoms with Crippen LogP contribution in [0.5, 0.6) is 0 Å². The maximum Gasteiger partial charge on any atom is 0.162 e. The highest BCUT2D eigenvalue weighted by Gasteiger charge is 2.31. The number of para-hydroxylation sites is 1. The first-order valence-corrected chi connectivity index (χ1v) is 9.17. The van der Waals surface area contributed by atoms with Crippen LogP contribution < -0.4 is 9.80 Å². The molecule has 1 aliphatic heterocycles. The number of nitrogens with zero attached hydrogens (tertiary/aromatic N) is 5. The molecular formula is C21H23N5. The van der Waals surface area contributed by atoms with Crippen molar-refractivity contribution in [2.45, 2.75) is 32.6 Å². The quantitative estimate of drug-likeness (QED) is 0.649. The molecule has 0 unspecified atom stereocenters. The van der Waals surface area contributed by atoms with Gasteiger partial charge in [-0.2, -0.15) is 0 Å². The smallest absolute Gasteiger partial charge is 0.162 e. The molecule has 0 saturated carbocycles. The predicted molar refractivity (Wildman–Crippen MR) is 105 cm³/mol. The Morgan fingerprint density at radius 3 is 2.46 bits per heavy atom. The molecule has 5 heteroatoms. The standard InChI is InChI=1S/C21H23N5/c1-3-16(4-2)18-7-5-6-8-19(18)26-15-25(17-9-11-22-12-10-17)21-20(26)13-23-14-24-21/h5-14,16H,3-4,15H2,1-2H3. The second-order valence-electron chi connectivity index (χ2n) is 6.51. The van der Waals surface area contributed by atoms with Crippen LogP contribution in [-0.4, -0.2) is 21.6 Å². The highest BCUT2D eigenvalue weighted by molar-refractivity contribution is 5.84. The van der Waals surface area contributed by atoms with Crippen molar-refractivity contribution in [3.63, 3.8) is 0 Å². The van der Waals surface area contributed by atoms with Crippen LogP contribution in [0.25, 0.3) is 0 Å². The van der Waals surface area contributed by atoms with E-state index in [1.165, 1.54) is 11.3 Å². The lowest BCUT2D eigenvalue weighted by Crippen LogP contribution is -2.25. The molecule has 0 amide bonds. The summed E-state index contributed by atoms with van der Waals surface area (Å²) >= 11 is 0. The van der Waals surface area contributed by atoms with Crippen LogP contribution in [0.1, 0.15) is 38.2 Å². The maximum atomic E-state index is 4.56. The van der Waals surface area contributed by atoms with E-state index in [0.29, 0.717) is 5.92 Å². The van der Waals surface area contributed by atoms with Gasteiger partial charge in [0.1, 0.15) is 18.7 Å². The molecule has 0 bridgehead atoms. The van der Waals surface area contributed by atoms with E-state index in [1.54, 1.807) is 6.33 Å². The van der Waals surface area contributed by atoms with Crippen LogP contribution >= 0.6 is 0 Å². The number of hydrogen-bond acceptors (Lipinski definition) is 5. The van der Waals surface area contributed by atoms with Crippen molar-refractivity contribution in [1.82, 2.24) is 15.0 Å². The van der Waals surface area contributed by atoms with Crippen molar-refractivity contribution in [1.29, 1.82) is 0 Å². The lowest BCUT2D eigenvalue weighted by molar-refractivity contribution is 0.641. The first-order valence-electron chi connectivity index (χ1n) is 9.17. The van der Waals surface area contributed by atoms with E-state index < -0.39 is 0 Å². The Bertz CT molecular complexity index is 876. The van der Waals surface area contributed by atoms with Gasteiger partial charge >= 0.3 is 0 Å². The van der Waals surface area contributed by atoms with Crippen LogP contribution in [0.3, 0.4) is 0 Å². The van der Waals surface area contributed by atoms with E-state index in [-0.39, 0.29) is 0 Å². The van der Waals surface area contributed by atoms with Gasteiger partial charge in [-0.05, 0) is 42.5 Å². The van der Waals surface area contributed by atoms with Gasteiger partial charge in [-0.3, -0.25) is 4.98 Å². The number of hydrogen-bond donors (Lipinski definition) is 0. The summed E-state index contributed by atoms with van der Waals surface area (Å²) in [5.74, 6) is 1.49. The number of aromatic nitrogens is 3. The molecule has 1 aliphatic rings. The Balaban J connectivity index is 1.80. The SMILES string of the molecule is CCC(CC)c1ccccc1N1CN(c2ccncc2)c2ncncc21. The summed E-state index contributed by atoms with van der Waals surface area (Å²) in [6.45, 7) is 5.24. The van der Waals surface area contributed by atoms with Crippen LogP contribution in [0.4, 0.5) is 22.9 Å². The van der Waals surface area contributed by atoms with E-state index >= 15 is 0 Å². The van der Waals surface area contributed by atoms with Crippen molar-refractivity contribution in [2.75, 3.05) is 16.5 Å². The molecule has 3 heterocycles. The van der Waals surface area contributed by atoms with Gasteiger partial charge in [-0.15, -0.1) is 0 Å². The van der Waals surface area contributed by atoms with Gasteiger partial charge in [0, 0.05) is 23.8 Å². The van der Waals surface area contributed by atoms with Gasteiger partial charge in [0.15, 0.2) is 5.82 Å². The molecule has 0 aliphatic carbocycles. The van der Waals surface area contributed by atoms with Crippen LogP contribution in [-0.2, 0) is 0 Å². The molecule has 0 saturated heterocycles. The molecule has 5 nitrogen and oxygen atoms in total. The van der Waals surface area contributed by atoms with Gasteiger partial charge in [0.25, 0.3) is 0 Å². The fourth-order valence-electron chi connectivity index (χ4n) is 3.74. The van der Waals surface area contributed by atoms with Crippen LogP contribution in [0, 0.1) is 0 Å². The Morgan fingerprint density at radius 1 is 0.923 bits per heavy atom. The zero-order valence-corrected chi connectivity index (χ0v) is 15.2. The third kappa shape index (κ3) is 2.79. The number of anilines is 4. The molecule has 2 aromatic heterocycles. The average molecular weight is 345 g/mol. The summed E-state index contributed by atoms with van der Waals surface area (Å²) in [6, 6.07) is 12.7. The van der Waals surface area contributed by atoms with Gasteiger partial charge in [-0.1, -0.05) is 32.0 Å². The third-order valence-corrected chi connectivity index (χ3v) is 5.13. The van der Waals surface area contributed by atoms with Crippen molar-refractivity contribution in [2.24, 2.45) is 0 Å². The number of fused-ring (bicyclic) bond motifs is 1. The zero-order chi connectivity index (χ0) is 17.9. The molecule has 26 heavy (non-hydrogen) atoms. The second kappa shape index (κ2) is 7.12. The first kappa shape index (κ1) is 16.5. The highest BCUT2D eigenvalue weighted by Crippen LogP contribution is 2.44. The Labute approximate surface area is 154 Å². The molecule has 0 N–H and O–H groups in total. The molecule has 4 rings (SSSR count). The Kier molecular flexibility index (Phi) is 4.52. The first-order chi connectivity index (χ1) is 12.8. The molecule has 0 spiro atoms. The molecular weight excluding hydrogens is 322 g/mol. The minimum Gasteiger partial charge on any atom is -0.318 e. The summed E-state index contributed by atoms with van der Waals surface area (Å²) in [7, 11) is 0. The van der Waals surface area contributed by atoms with E-state index in [0.717, 1.165) is 36.7 Å². The fraction of sp³-hybridized carbons (Fsp3) is 0.286. The minimum atomic E-state index is 0.550. The zero-order valence-electron chi connectivity index (χ0n) is 15.2. The molecule has 0 atom stereocenters. The van der Waals surface area contributed by atoms with Crippen molar-refractivity contribution in [3.8, 4) is 0 Å².